The van der Waals surface area contributed by atoms with Gasteiger partial charge in [0.15, 0.2) is 0 Å². The van der Waals surface area contributed by atoms with Crippen molar-refractivity contribution >= 4 is 29.0 Å². The van der Waals surface area contributed by atoms with E-state index in [0.29, 0.717) is 39.2 Å². The van der Waals surface area contributed by atoms with Gasteiger partial charge in [0.25, 0.3) is 0 Å². The van der Waals surface area contributed by atoms with Crippen LogP contribution in [0.2, 0.25) is 10.0 Å². The van der Waals surface area contributed by atoms with E-state index in [9.17, 15) is 9.50 Å². The smallest absolute Gasteiger partial charge is 0.129 e. The number of aromatic nitrogens is 1. The van der Waals surface area contributed by atoms with Crippen molar-refractivity contribution in [2.45, 2.75) is 12.5 Å². The predicted molar refractivity (Wildman–Crippen MR) is 112 cm³/mol. The van der Waals surface area contributed by atoms with Gasteiger partial charge in [-0.3, -0.25) is 0 Å². The second-order valence-electron chi connectivity index (χ2n) is 6.85. The summed E-state index contributed by atoms with van der Waals surface area (Å²) in [6.07, 6.45) is 0.860. The maximum Gasteiger partial charge on any atom is 0.129 e. The summed E-state index contributed by atoms with van der Waals surface area (Å²) in [6.45, 7) is 1.43. The van der Waals surface area contributed by atoms with Gasteiger partial charge in [-0.15, -0.1) is 0 Å². The van der Waals surface area contributed by atoms with Gasteiger partial charge >= 0.3 is 0 Å². The summed E-state index contributed by atoms with van der Waals surface area (Å²) in [5.74, 6) is 0.168. The number of anilines is 1. The molecule has 1 unspecified atom stereocenters. The van der Waals surface area contributed by atoms with E-state index in [1.807, 2.05) is 6.07 Å². The van der Waals surface area contributed by atoms with Crippen LogP contribution in [0, 0.1) is 5.82 Å². The van der Waals surface area contributed by atoms with Gasteiger partial charge in [-0.1, -0.05) is 29.3 Å². The van der Waals surface area contributed by atoms with Crippen LogP contribution < -0.4 is 10.6 Å². The Morgan fingerprint density at radius 1 is 1.11 bits per heavy atom. The Kier molecular flexibility index (Phi) is 5.15. The molecule has 144 valence electrons. The van der Waals surface area contributed by atoms with E-state index in [4.69, 9.17) is 28.9 Å². The van der Waals surface area contributed by atoms with Gasteiger partial charge < -0.3 is 15.7 Å². The minimum absolute atomic E-state index is 0.0552. The number of aromatic hydroxyl groups is 1. The van der Waals surface area contributed by atoms with Crippen LogP contribution in [0.4, 0.5) is 10.2 Å². The first-order valence-corrected chi connectivity index (χ1v) is 9.64. The number of hydrogen-bond acceptors (Lipinski definition) is 4. The van der Waals surface area contributed by atoms with Crippen molar-refractivity contribution in [3.63, 3.8) is 0 Å². The molecule has 0 bridgehead atoms. The number of hydrogen-bond donors (Lipinski definition) is 2. The highest BCUT2D eigenvalue weighted by molar-refractivity contribution is 6.39. The summed E-state index contributed by atoms with van der Waals surface area (Å²) in [4.78, 5) is 6.73. The molecule has 0 aliphatic carbocycles. The molecular formula is C21H18Cl2FN3O. The van der Waals surface area contributed by atoms with Crippen molar-refractivity contribution < 1.29 is 9.50 Å². The van der Waals surface area contributed by atoms with E-state index in [0.717, 1.165) is 18.5 Å². The lowest BCUT2D eigenvalue weighted by atomic mass is 10.0. The van der Waals surface area contributed by atoms with Gasteiger partial charge in [0.2, 0.25) is 0 Å². The molecule has 0 radical (unpaired) electrons. The van der Waals surface area contributed by atoms with Crippen molar-refractivity contribution in [1.82, 2.24) is 4.98 Å². The van der Waals surface area contributed by atoms with Crippen LogP contribution in [0.3, 0.4) is 0 Å². The van der Waals surface area contributed by atoms with Gasteiger partial charge in [0, 0.05) is 40.3 Å². The number of pyridine rings is 1. The first-order valence-electron chi connectivity index (χ1n) is 8.88. The van der Waals surface area contributed by atoms with Crippen molar-refractivity contribution in [1.29, 1.82) is 0 Å². The van der Waals surface area contributed by atoms with E-state index in [2.05, 4.69) is 9.88 Å². The zero-order chi connectivity index (χ0) is 19.8. The van der Waals surface area contributed by atoms with Crippen LogP contribution in [0.25, 0.3) is 22.4 Å². The molecule has 3 aromatic rings. The molecule has 0 saturated carbocycles. The Morgan fingerprint density at radius 3 is 2.54 bits per heavy atom. The topological polar surface area (TPSA) is 62.4 Å². The molecule has 7 heteroatoms. The molecule has 2 heterocycles. The fraction of sp³-hybridized carbons (Fsp3) is 0.190. The van der Waals surface area contributed by atoms with Crippen molar-refractivity contribution in [3.05, 3.63) is 64.4 Å². The van der Waals surface area contributed by atoms with E-state index < -0.39 is 5.82 Å². The van der Waals surface area contributed by atoms with Crippen LogP contribution >= 0.6 is 23.2 Å². The highest BCUT2D eigenvalue weighted by Crippen LogP contribution is 2.39. The minimum atomic E-state index is -0.458. The molecule has 4 nitrogen and oxygen atoms in total. The highest BCUT2D eigenvalue weighted by Gasteiger charge is 2.23. The van der Waals surface area contributed by atoms with Crippen LogP contribution in [-0.4, -0.2) is 29.2 Å². The van der Waals surface area contributed by atoms with Gasteiger partial charge in [-0.2, -0.15) is 0 Å². The number of nitrogens with two attached hydrogens (primary N) is 1. The fourth-order valence-electron chi connectivity index (χ4n) is 3.44. The molecule has 0 spiro atoms. The number of phenolic OH excluding ortho intramolecular Hbond substituents is 1. The minimum Gasteiger partial charge on any atom is -0.507 e. The Morgan fingerprint density at radius 2 is 1.86 bits per heavy atom. The van der Waals surface area contributed by atoms with Crippen molar-refractivity contribution in [3.8, 4) is 28.1 Å². The Bertz CT molecular complexity index is 1020. The third-order valence-corrected chi connectivity index (χ3v) is 5.48. The normalized spacial score (nSPS) is 16.6. The van der Waals surface area contributed by atoms with Gasteiger partial charge in [0.05, 0.1) is 5.69 Å². The molecule has 1 aromatic heterocycles. The maximum absolute atomic E-state index is 13.8. The summed E-state index contributed by atoms with van der Waals surface area (Å²) in [5.41, 5.74) is 8.18. The molecule has 1 atom stereocenters. The highest BCUT2D eigenvalue weighted by atomic mass is 35.5. The van der Waals surface area contributed by atoms with E-state index >= 15 is 0 Å². The largest absolute Gasteiger partial charge is 0.507 e. The zero-order valence-corrected chi connectivity index (χ0v) is 16.4. The number of nitrogens with zero attached hydrogens (tertiary/aromatic N) is 2. The van der Waals surface area contributed by atoms with Crippen LogP contribution in [-0.2, 0) is 0 Å². The maximum atomic E-state index is 13.8. The molecule has 1 aliphatic heterocycles. The van der Waals surface area contributed by atoms with Crippen molar-refractivity contribution in [2.75, 3.05) is 18.0 Å². The summed E-state index contributed by atoms with van der Waals surface area (Å²) in [6, 6.07) is 12.8. The number of benzene rings is 2. The van der Waals surface area contributed by atoms with E-state index in [1.165, 1.54) is 18.2 Å². The molecule has 2 aromatic carbocycles. The lowest BCUT2D eigenvalue weighted by Gasteiger charge is -2.20. The first kappa shape index (κ1) is 19.0. The standard InChI is InChI=1S/C21H18Cl2FN3O/c22-16-2-1-3-17(23)21(16)12-8-18(15-10-13(24)4-5-19(15)28)26-20(9-12)27-7-6-14(25)11-27/h1-5,8-10,14,28H,6-7,11,25H2. The second kappa shape index (κ2) is 7.59. The monoisotopic (exact) mass is 417 g/mol. The third-order valence-electron chi connectivity index (χ3n) is 4.85. The molecular weight excluding hydrogens is 400 g/mol. The van der Waals surface area contributed by atoms with E-state index in [-0.39, 0.29) is 11.8 Å². The van der Waals surface area contributed by atoms with Gasteiger partial charge in [0.1, 0.15) is 17.4 Å². The lowest BCUT2D eigenvalue weighted by Crippen LogP contribution is -2.27. The molecule has 4 rings (SSSR count). The SMILES string of the molecule is NC1CCN(c2cc(-c3c(Cl)cccc3Cl)cc(-c3cc(F)ccc3O)n2)C1. The van der Waals surface area contributed by atoms with E-state index in [1.54, 1.807) is 24.3 Å². The number of rotatable bonds is 3. The van der Waals surface area contributed by atoms with Gasteiger partial charge in [-0.25, -0.2) is 9.37 Å². The molecule has 1 saturated heterocycles. The summed E-state index contributed by atoms with van der Waals surface area (Å²) < 4.78 is 13.8. The Hall–Kier alpha value is -2.34. The quantitative estimate of drug-likeness (QED) is 0.621. The number of halogens is 3. The van der Waals surface area contributed by atoms with Crippen LogP contribution in [0.15, 0.2) is 48.5 Å². The lowest BCUT2D eigenvalue weighted by molar-refractivity contribution is 0.475. The third kappa shape index (κ3) is 3.65. The zero-order valence-electron chi connectivity index (χ0n) is 14.9. The molecule has 3 N–H and O–H groups in total. The Balaban J connectivity index is 1.92. The van der Waals surface area contributed by atoms with Gasteiger partial charge in [-0.05, 0) is 54.4 Å². The fourth-order valence-corrected chi connectivity index (χ4v) is 4.06. The average Bonchev–Trinajstić information content (AvgIpc) is 3.10. The molecule has 1 aliphatic rings. The van der Waals surface area contributed by atoms with Crippen LogP contribution in [0.1, 0.15) is 6.42 Å². The molecule has 0 amide bonds. The first-order chi connectivity index (χ1) is 13.4. The summed E-state index contributed by atoms with van der Waals surface area (Å²) in [5, 5.41) is 11.3. The molecule has 28 heavy (non-hydrogen) atoms. The summed E-state index contributed by atoms with van der Waals surface area (Å²) in [7, 11) is 0. The average molecular weight is 418 g/mol. The van der Waals surface area contributed by atoms with Crippen molar-refractivity contribution in [2.24, 2.45) is 5.73 Å². The van der Waals surface area contributed by atoms with Crippen LogP contribution in [0.5, 0.6) is 5.75 Å². The Labute approximate surface area is 172 Å². The number of phenols is 1. The second-order valence-corrected chi connectivity index (χ2v) is 7.67. The molecule has 1 fully saturated rings. The summed E-state index contributed by atoms with van der Waals surface area (Å²) >= 11 is 12.8. The predicted octanol–water partition coefficient (Wildman–Crippen LogP) is 5.10.